The molecule has 0 radical (unpaired) electrons. The van der Waals surface area contributed by atoms with Gasteiger partial charge in [0.05, 0.1) is 0 Å². The largest absolute Gasteiger partial charge is 0.295 e. The minimum atomic E-state index is 0.884. The number of benzene rings is 8. The molecule has 0 aliphatic heterocycles. The van der Waals surface area contributed by atoms with E-state index in [0.29, 0.717) is 0 Å². The van der Waals surface area contributed by atoms with Crippen molar-refractivity contribution in [1.29, 1.82) is 0 Å². The van der Waals surface area contributed by atoms with Gasteiger partial charge < -0.3 is 0 Å². The topological polar surface area (TPSA) is 16.1 Å². The van der Waals surface area contributed by atoms with Crippen LogP contribution in [0.2, 0.25) is 0 Å². The van der Waals surface area contributed by atoms with E-state index >= 15 is 0 Å². The van der Waals surface area contributed by atoms with Crippen LogP contribution < -0.4 is 4.90 Å². The van der Waals surface area contributed by atoms with Crippen LogP contribution in [0.4, 0.5) is 17.2 Å². The highest BCUT2D eigenvalue weighted by Crippen LogP contribution is 2.50. The van der Waals surface area contributed by atoms with E-state index in [1.54, 1.807) is 0 Å². The Bertz CT molecular complexity index is 2660. The lowest BCUT2D eigenvalue weighted by atomic mass is 9.81. The van der Waals surface area contributed by atoms with Crippen LogP contribution in [-0.4, -0.2) is 4.98 Å². The van der Waals surface area contributed by atoms with Crippen molar-refractivity contribution < 1.29 is 0 Å². The minimum Gasteiger partial charge on any atom is -0.295 e. The number of rotatable bonds is 6. The molecule has 2 heteroatoms. The molecule has 242 valence electrons. The van der Waals surface area contributed by atoms with Gasteiger partial charge in [-0.3, -0.25) is 4.90 Å². The molecular formula is C49H36N2. The van der Waals surface area contributed by atoms with Gasteiger partial charge in [-0.05, 0) is 133 Å². The molecule has 1 heterocycles. The van der Waals surface area contributed by atoms with Gasteiger partial charge >= 0.3 is 0 Å². The highest BCUT2D eigenvalue weighted by atomic mass is 15.2. The van der Waals surface area contributed by atoms with E-state index in [0.717, 1.165) is 17.2 Å². The Balaban J connectivity index is 1.46. The Kier molecular flexibility index (Phi) is 7.63. The molecule has 0 aliphatic carbocycles. The van der Waals surface area contributed by atoms with Crippen molar-refractivity contribution in [2.45, 2.75) is 13.8 Å². The van der Waals surface area contributed by atoms with Gasteiger partial charge in [-0.15, -0.1) is 0 Å². The van der Waals surface area contributed by atoms with Crippen molar-refractivity contribution in [3.63, 3.8) is 0 Å². The van der Waals surface area contributed by atoms with Crippen LogP contribution in [0.25, 0.3) is 65.7 Å². The van der Waals surface area contributed by atoms with Gasteiger partial charge in [0.2, 0.25) is 0 Å². The number of pyridine rings is 1. The van der Waals surface area contributed by atoms with E-state index in [4.69, 9.17) is 4.98 Å². The third kappa shape index (κ3) is 5.42. The fourth-order valence-corrected chi connectivity index (χ4v) is 7.86. The Morgan fingerprint density at radius 1 is 0.392 bits per heavy atom. The van der Waals surface area contributed by atoms with E-state index in [2.05, 4.69) is 189 Å². The first kappa shape index (κ1) is 30.5. The lowest BCUT2D eigenvalue weighted by Crippen LogP contribution is -2.12. The molecule has 51 heavy (non-hydrogen) atoms. The second-order valence-electron chi connectivity index (χ2n) is 13.3. The lowest BCUT2D eigenvalue weighted by Gasteiger charge is -2.26. The first-order valence-electron chi connectivity index (χ1n) is 17.5. The maximum atomic E-state index is 4.85. The average molecular weight is 653 g/mol. The van der Waals surface area contributed by atoms with Gasteiger partial charge in [0.15, 0.2) is 0 Å². The summed E-state index contributed by atoms with van der Waals surface area (Å²) >= 11 is 0. The summed E-state index contributed by atoms with van der Waals surface area (Å²) in [6.45, 7) is 4.32. The van der Waals surface area contributed by atoms with E-state index in [1.165, 1.54) is 76.8 Å². The first-order valence-corrected chi connectivity index (χ1v) is 17.5. The van der Waals surface area contributed by atoms with Gasteiger partial charge in [0.1, 0.15) is 5.82 Å². The smallest absolute Gasteiger partial charge is 0.137 e. The average Bonchev–Trinajstić information content (AvgIpc) is 3.18. The molecule has 0 saturated carbocycles. The maximum Gasteiger partial charge on any atom is 0.137 e. The normalized spacial score (nSPS) is 11.3. The molecule has 0 atom stereocenters. The van der Waals surface area contributed by atoms with Crippen molar-refractivity contribution >= 4 is 49.5 Å². The lowest BCUT2D eigenvalue weighted by molar-refractivity contribution is 1.17. The molecule has 0 aliphatic rings. The van der Waals surface area contributed by atoms with Crippen LogP contribution in [0.1, 0.15) is 11.1 Å². The zero-order valence-corrected chi connectivity index (χ0v) is 28.7. The van der Waals surface area contributed by atoms with Crippen molar-refractivity contribution in [2.75, 3.05) is 4.90 Å². The Labute approximate surface area is 298 Å². The fraction of sp³-hybridized carbons (Fsp3) is 0.0408. The molecule has 0 saturated heterocycles. The third-order valence-corrected chi connectivity index (χ3v) is 9.92. The zero-order valence-electron chi connectivity index (χ0n) is 28.7. The molecule has 1 aromatic heterocycles. The van der Waals surface area contributed by atoms with Crippen LogP contribution in [-0.2, 0) is 0 Å². The monoisotopic (exact) mass is 652 g/mol. The third-order valence-electron chi connectivity index (χ3n) is 9.92. The van der Waals surface area contributed by atoms with Gasteiger partial charge in [-0.1, -0.05) is 133 Å². The highest BCUT2D eigenvalue weighted by Gasteiger charge is 2.23. The van der Waals surface area contributed by atoms with E-state index in [-0.39, 0.29) is 0 Å². The molecule has 9 aromatic rings. The number of fused-ring (bicyclic) bond motifs is 6. The number of nitrogens with zero attached hydrogens (tertiary/aromatic N) is 2. The second-order valence-corrected chi connectivity index (χ2v) is 13.3. The summed E-state index contributed by atoms with van der Waals surface area (Å²) in [5.41, 5.74) is 11.9. The van der Waals surface area contributed by atoms with E-state index in [9.17, 15) is 0 Å². The van der Waals surface area contributed by atoms with E-state index < -0.39 is 0 Å². The summed E-state index contributed by atoms with van der Waals surface area (Å²) in [7, 11) is 0. The van der Waals surface area contributed by atoms with Crippen molar-refractivity contribution in [3.05, 3.63) is 193 Å². The van der Waals surface area contributed by atoms with Gasteiger partial charge in [-0.2, -0.15) is 0 Å². The maximum absolute atomic E-state index is 4.85. The summed E-state index contributed by atoms with van der Waals surface area (Å²) in [4.78, 5) is 7.14. The number of hydrogen-bond donors (Lipinski definition) is 0. The van der Waals surface area contributed by atoms with E-state index in [1.807, 2.05) is 12.3 Å². The van der Waals surface area contributed by atoms with Crippen LogP contribution in [0.5, 0.6) is 0 Å². The molecule has 0 amide bonds. The number of anilines is 3. The van der Waals surface area contributed by atoms with Crippen LogP contribution in [0, 0.1) is 13.8 Å². The standard InChI is InChI=1S/C49H36N2/c1-33-28-34(2)30-39(29-33)51(46-24-14-15-27-50-46)38-25-26-42-45(31-38)40-22-12-13-23-41(40)48-44(36-18-8-4-9-19-36)32-43(35-16-6-3-7-17-35)47(49(42)48)37-20-10-5-11-21-37/h3-32H,1-2H3. The van der Waals surface area contributed by atoms with Gasteiger partial charge in [0, 0.05) is 17.6 Å². The highest BCUT2D eigenvalue weighted by molar-refractivity contribution is 6.33. The van der Waals surface area contributed by atoms with Crippen molar-refractivity contribution in [1.82, 2.24) is 4.98 Å². The molecule has 0 N–H and O–H groups in total. The zero-order chi connectivity index (χ0) is 34.3. The summed E-state index contributed by atoms with van der Waals surface area (Å²) in [6, 6.07) is 63.8. The quantitative estimate of drug-likeness (QED) is 0.166. The molecule has 0 unspecified atom stereocenters. The Hall–Kier alpha value is -6.51. The minimum absolute atomic E-state index is 0.884. The fourth-order valence-electron chi connectivity index (χ4n) is 7.86. The predicted molar refractivity (Wildman–Crippen MR) is 217 cm³/mol. The molecule has 0 bridgehead atoms. The summed E-state index contributed by atoms with van der Waals surface area (Å²) in [5, 5.41) is 7.43. The number of hydrogen-bond acceptors (Lipinski definition) is 2. The Morgan fingerprint density at radius 3 is 1.61 bits per heavy atom. The van der Waals surface area contributed by atoms with Gasteiger partial charge in [-0.25, -0.2) is 4.98 Å². The molecule has 0 fully saturated rings. The SMILES string of the molecule is Cc1cc(C)cc(N(c2ccc3c(c2)c2ccccc2c2c(-c4ccccc4)cc(-c4ccccc4)c(-c4ccccc4)c32)c2ccccn2)c1. The van der Waals surface area contributed by atoms with Crippen molar-refractivity contribution in [2.24, 2.45) is 0 Å². The molecule has 8 aromatic carbocycles. The summed E-state index contributed by atoms with van der Waals surface area (Å²) in [6.07, 6.45) is 1.87. The summed E-state index contributed by atoms with van der Waals surface area (Å²) in [5.74, 6) is 0.884. The second kappa shape index (κ2) is 12.7. The van der Waals surface area contributed by atoms with Crippen molar-refractivity contribution in [3.8, 4) is 33.4 Å². The summed E-state index contributed by atoms with van der Waals surface area (Å²) < 4.78 is 0. The molecule has 9 rings (SSSR count). The van der Waals surface area contributed by atoms with Crippen LogP contribution >= 0.6 is 0 Å². The molecule has 0 spiro atoms. The van der Waals surface area contributed by atoms with Crippen LogP contribution in [0.3, 0.4) is 0 Å². The first-order chi connectivity index (χ1) is 25.1. The van der Waals surface area contributed by atoms with Gasteiger partial charge in [0.25, 0.3) is 0 Å². The predicted octanol–water partition coefficient (Wildman–Crippen LogP) is 13.6. The number of aromatic nitrogens is 1. The Morgan fingerprint density at radius 2 is 0.961 bits per heavy atom. The molecule has 2 nitrogen and oxygen atoms in total. The number of aryl methyl sites for hydroxylation is 2. The van der Waals surface area contributed by atoms with Crippen LogP contribution in [0.15, 0.2) is 182 Å². The molecular weight excluding hydrogens is 617 g/mol.